The molecule has 1 aliphatic carbocycles. The molecule has 35 heavy (non-hydrogen) atoms. The molecule has 10 heteroatoms. The van der Waals surface area contributed by atoms with Crippen molar-refractivity contribution in [3.8, 4) is 0 Å². The lowest BCUT2D eigenvalue weighted by atomic mass is 10.0. The molecule has 1 aromatic carbocycles. The van der Waals surface area contributed by atoms with Crippen LogP contribution in [0.25, 0.3) is 0 Å². The maximum atomic E-state index is 13.6. The van der Waals surface area contributed by atoms with E-state index in [0.717, 1.165) is 18.6 Å². The number of carbonyl (C=O) groups excluding carboxylic acids is 3. The predicted octanol–water partition coefficient (Wildman–Crippen LogP) is 2.87. The monoisotopic (exact) mass is 497 g/mol. The van der Waals surface area contributed by atoms with Gasteiger partial charge in [-0.05, 0) is 70.2 Å². The third-order valence-electron chi connectivity index (χ3n) is 6.50. The minimum Gasteiger partial charge on any atom is -0.459 e. The van der Waals surface area contributed by atoms with Crippen molar-refractivity contribution in [3.05, 3.63) is 35.4 Å². The van der Waals surface area contributed by atoms with E-state index < -0.39 is 41.3 Å². The van der Waals surface area contributed by atoms with Crippen LogP contribution in [-0.4, -0.2) is 72.5 Å². The van der Waals surface area contributed by atoms with Crippen LogP contribution in [0.2, 0.25) is 0 Å². The fourth-order valence-electron chi connectivity index (χ4n) is 4.57. The van der Waals surface area contributed by atoms with Gasteiger partial charge in [0, 0.05) is 20.0 Å². The summed E-state index contributed by atoms with van der Waals surface area (Å²) in [7, 11) is 3.16. The van der Waals surface area contributed by atoms with Crippen molar-refractivity contribution in [1.82, 2.24) is 15.1 Å². The molecule has 1 aliphatic heterocycles. The zero-order valence-electron chi connectivity index (χ0n) is 20.8. The molecular formula is C25H34F3N3O4. The fraction of sp³-hybridized carbons (Fsp3) is 0.640. The maximum absolute atomic E-state index is 13.6. The van der Waals surface area contributed by atoms with Gasteiger partial charge >= 0.3 is 12.1 Å². The molecule has 2 amide bonds. The first-order valence-electron chi connectivity index (χ1n) is 11.8. The molecule has 1 saturated heterocycles. The Morgan fingerprint density at radius 3 is 2.31 bits per heavy atom. The third-order valence-corrected chi connectivity index (χ3v) is 6.50. The summed E-state index contributed by atoms with van der Waals surface area (Å²) >= 11 is 0. The summed E-state index contributed by atoms with van der Waals surface area (Å²) in [6.45, 7) is 5.27. The number of esters is 1. The van der Waals surface area contributed by atoms with Crippen LogP contribution in [0.4, 0.5) is 13.2 Å². The number of ether oxygens (including phenoxy) is 1. The molecular weight excluding hydrogens is 463 g/mol. The number of carbonyl (C=O) groups is 3. The van der Waals surface area contributed by atoms with Gasteiger partial charge < -0.3 is 19.9 Å². The number of rotatable bonds is 7. The van der Waals surface area contributed by atoms with Gasteiger partial charge in [-0.3, -0.25) is 14.4 Å². The number of fused-ring (bicyclic) bond motifs is 1. The van der Waals surface area contributed by atoms with Gasteiger partial charge in [-0.25, -0.2) is 0 Å². The Morgan fingerprint density at radius 2 is 1.77 bits per heavy atom. The van der Waals surface area contributed by atoms with Gasteiger partial charge in [-0.15, -0.1) is 0 Å². The molecule has 1 N–H and O–H groups in total. The Kier molecular flexibility index (Phi) is 7.83. The number of hydrogen-bond donors (Lipinski definition) is 1. The van der Waals surface area contributed by atoms with Gasteiger partial charge in [0.05, 0.1) is 11.6 Å². The largest absolute Gasteiger partial charge is 0.459 e. The number of benzene rings is 1. The van der Waals surface area contributed by atoms with Gasteiger partial charge in [-0.2, -0.15) is 13.2 Å². The van der Waals surface area contributed by atoms with Crippen molar-refractivity contribution in [1.29, 1.82) is 0 Å². The van der Waals surface area contributed by atoms with Crippen LogP contribution in [-0.2, 0) is 31.7 Å². The molecule has 1 heterocycles. The zero-order chi connectivity index (χ0) is 26.1. The number of halogens is 3. The molecule has 7 nitrogen and oxygen atoms in total. The molecule has 3 rings (SSSR count). The normalized spacial score (nSPS) is 23.3. The van der Waals surface area contributed by atoms with Crippen molar-refractivity contribution in [2.75, 3.05) is 27.2 Å². The smallest absolute Gasteiger partial charge is 0.416 e. The van der Waals surface area contributed by atoms with Crippen LogP contribution >= 0.6 is 0 Å². The second kappa shape index (κ2) is 10.2. The van der Waals surface area contributed by atoms with Crippen LogP contribution in [0.5, 0.6) is 0 Å². The highest BCUT2D eigenvalue weighted by Crippen LogP contribution is 2.45. The Hall–Kier alpha value is -2.62. The second-order valence-electron chi connectivity index (χ2n) is 10.5. The topological polar surface area (TPSA) is 79.0 Å². The van der Waals surface area contributed by atoms with E-state index in [9.17, 15) is 27.6 Å². The third kappa shape index (κ3) is 6.96. The van der Waals surface area contributed by atoms with Crippen LogP contribution in [0.3, 0.4) is 0 Å². The molecule has 2 aliphatic rings. The summed E-state index contributed by atoms with van der Waals surface area (Å²) in [5.74, 6) is -0.563. The van der Waals surface area contributed by atoms with Crippen LogP contribution in [0.1, 0.15) is 44.7 Å². The quantitative estimate of drug-likeness (QED) is 0.587. The average Bonchev–Trinajstić information content (AvgIpc) is 3.50. The summed E-state index contributed by atoms with van der Waals surface area (Å²) in [4.78, 5) is 42.0. The molecule has 0 unspecified atom stereocenters. The van der Waals surface area contributed by atoms with E-state index in [1.54, 1.807) is 32.7 Å². The van der Waals surface area contributed by atoms with Crippen molar-refractivity contribution in [2.45, 2.75) is 63.9 Å². The highest BCUT2D eigenvalue weighted by molar-refractivity contribution is 5.91. The average molecular weight is 498 g/mol. The van der Waals surface area contributed by atoms with E-state index in [-0.39, 0.29) is 24.8 Å². The van der Waals surface area contributed by atoms with E-state index in [4.69, 9.17) is 4.74 Å². The first-order chi connectivity index (χ1) is 16.2. The number of likely N-dealkylation sites (tertiary alicyclic amines) is 1. The summed E-state index contributed by atoms with van der Waals surface area (Å²) < 4.78 is 44.3. The van der Waals surface area contributed by atoms with Crippen molar-refractivity contribution >= 4 is 17.8 Å². The first-order valence-corrected chi connectivity index (χ1v) is 11.8. The molecule has 2 fully saturated rings. The zero-order valence-corrected chi connectivity index (χ0v) is 20.8. The Bertz CT molecular complexity index is 943. The van der Waals surface area contributed by atoms with E-state index in [0.29, 0.717) is 24.4 Å². The summed E-state index contributed by atoms with van der Waals surface area (Å²) in [6, 6.07) is 3.20. The Balaban J connectivity index is 1.86. The van der Waals surface area contributed by atoms with Crippen LogP contribution < -0.4 is 5.32 Å². The van der Waals surface area contributed by atoms with Gasteiger partial charge in [0.15, 0.2) is 0 Å². The lowest BCUT2D eigenvalue weighted by Crippen LogP contribution is -2.56. The van der Waals surface area contributed by atoms with E-state index in [1.165, 1.54) is 24.1 Å². The highest BCUT2D eigenvalue weighted by Gasteiger charge is 2.48. The Morgan fingerprint density at radius 1 is 1.14 bits per heavy atom. The van der Waals surface area contributed by atoms with Crippen molar-refractivity contribution < 1.29 is 32.3 Å². The fourth-order valence-corrected chi connectivity index (χ4v) is 4.57. The maximum Gasteiger partial charge on any atom is 0.416 e. The van der Waals surface area contributed by atoms with Gasteiger partial charge in [-0.1, -0.05) is 12.1 Å². The van der Waals surface area contributed by atoms with Gasteiger partial charge in [0.2, 0.25) is 11.8 Å². The Labute approximate surface area is 204 Å². The standard InChI is InChI=1S/C25H34F3N3O4/c1-24(2,3)35-21(32)14-30(5)23(34)20(10-15-6-8-18(9-7-15)25(26,27)28)31-13-17-11-16(17)12-19(29-4)22(31)33/h6-9,16-17,19-20,29H,10-14H2,1-5H3/t16-,17+,19+,20+/m1/s1. The molecule has 0 bridgehead atoms. The lowest BCUT2D eigenvalue weighted by molar-refractivity contribution is -0.159. The van der Waals surface area contributed by atoms with Gasteiger partial charge in [0.1, 0.15) is 18.2 Å². The number of alkyl halides is 3. The summed E-state index contributed by atoms with van der Waals surface area (Å²) in [5.41, 5.74) is -1.01. The van der Waals surface area contributed by atoms with Gasteiger partial charge in [0.25, 0.3) is 0 Å². The lowest BCUT2D eigenvalue weighted by Gasteiger charge is -2.35. The SMILES string of the molecule is CN[C@H]1C[C@H]2C[C@H]2CN([C@@H](Cc2ccc(C(F)(F)F)cc2)C(=O)N(C)CC(=O)OC(C)(C)C)C1=O. The van der Waals surface area contributed by atoms with E-state index in [1.807, 2.05) is 0 Å². The molecule has 1 saturated carbocycles. The van der Waals surface area contributed by atoms with Crippen LogP contribution in [0.15, 0.2) is 24.3 Å². The molecule has 0 spiro atoms. The van der Waals surface area contributed by atoms with Crippen LogP contribution in [0, 0.1) is 11.8 Å². The molecule has 4 atom stereocenters. The molecule has 194 valence electrons. The second-order valence-corrected chi connectivity index (χ2v) is 10.5. The predicted molar refractivity (Wildman–Crippen MR) is 123 cm³/mol. The number of nitrogens with one attached hydrogen (secondary N) is 1. The van der Waals surface area contributed by atoms with E-state index in [2.05, 4.69) is 5.32 Å². The molecule has 0 aromatic heterocycles. The highest BCUT2D eigenvalue weighted by atomic mass is 19.4. The molecule has 1 aromatic rings. The summed E-state index contributed by atoms with van der Waals surface area (Å²) in [5, 5.41) is 3.03. The number of hydrogen-bond acceptors (Lipinski definition) is 5. The minimum absolute atomic E-state index is 0.0369. The number of amides is 2. The van der Waals surface area contributed by atoms with E-state index >= 15 is 0 Å². The van der Waals surface area contributed by atoms with Crippen molar-refractivity contribution in [3.63, 3.8) is 0 Å². The first kappa shape index (κ1) is 27.0. The summed E-state index contributed by atoms with van der Waals surface area (Å²) in [6.07, 6.45) is -2.78. The van der Waals surface area contributed by atoms with Crippen molar-refractivity contribution in [2.24, 2.45) is 11.8 Å². The number of nitrogens with zero attached hydrogens (tertiary/aromatic N) is 2. The number of likely N-dealkylation sites (N-methyl/N-ethyl adjacent to an activating group) is 2. The minimum atomic E-state index is -4.47. The molecule has 0 radical (unpaired) electrons.